The molecule has 0 bridgehead atoms. The van der Waals surface area contributed by atoms with Crippen LogP contribution in [0.25, 0.3) is 0 Å². The van der Waals surface area contributed by atoms with Crippen LogP contribution in [0.4, 0.5) is 23.2 Å². The second kappa shape index (κ2) is 10.1. The molecule has 0 aliphatic carbocycles. The zero-order valence-corrected chi connectivity index (χ0v) is 19.3. The van der Waals surface area contributed by atoms with Crippen molar-refractivity contribution in [3.63, 3.8) is 0 Å². The highest BCUT2D eigenvalue weighted by Crippen LogP contribution is 2.33. The maximum absolute atomic E-state index is 13.5. The molecular formula is C23H19ClF4N2O3S. The number of aryl methyl sites for hydroxylation is 1. The molecule has 0 aromatic heterocycles. The van der Waals surface area contributed by atoms with Gasteiger partial charge in [-0.15, -0.1) is 0 Å². The molecule has 180 valence electrons. The zero-order chi connectivity index (χ0) is 25.1. The molecule has 0 aliphatic rings. The molecule has 11 heteroatoms. The minimum absolute atomic E-state index is 0.113. The van der Waals surface area contributed by atoms with E-state index in [0.29, 0.717) is 22.7 Å². The van der Waals surface area contributed by atoms with Crippen LogP contribution in [0.3, 0.4) is 0 Å². The molecule has 0 saturated carbocycles. The van der Waals surface area contributed by atoms with Gasteiger partial charge in [-0.3, -0.25) is 4.79 Å². The lowest BCUT2D eigenvalue weighted by atomic mass is 10.1. The maximum Gasteiger partial charge on any atom is 0.419 e. The first kappa shape index (κ1) is 25.7. The van der Waals surface area contributed by atoms with Crippen LogP contribution in [-0.4, -0.2) is 25.2 Å². The summed E-state index contributed by atoms with van der Waals surface area (Å²) in [5, 5.41) is 2.53. The summed E-state index contributed by atoms with van der Waals surface area (Å²) < 4.78 is 79.9. The second-order valence-electron chi connectivity index (χ2n) is 7.46. The number of hydrogen-bond donors (Lipinski definition) is 1. The molecule has 3 aromatic rings. The van der Waals surface area contributed by atoms with Gasteiger partial charge in [0.15, 0.2) is 0 Å². The van der Waals surface area contributed by atoms with Crippen LogP contribution < -0.4 is 5.32 Å². The monoisotopic (exact) mass is 514 g/mol. The third-order valence-corrected chi connectivity index (χ3v) is 6.83. The van der Waals surface area contributed by atoms with Gasteiger partial charge in [-0.25, -0.2) is 12.8 Å². The van der Waals surface area contributed by atoms with E-state index in [1.807, 2.05) is 13.0 Å². The Labute approximate surface area is 199 Å². The number of amides is 1. The van der Waals surface area contributed by atoms with E-state index in [4.69, 9.17) is 11.6 Å². The lowest BCUT2D eigenvalue weighted by molar-refractivity contribution is -0.140. The topological polar surface area (TPSA) is 66.5 Å². The van der Waals surface area contributed by atoms with Gasteiger partial charge in [-0.1, -0.05) is 41.4 Å². The van der Waals surface area contributed by atoms with Crippen LogP contribution >= 0.6 is 11.6 Å². The van der Waals surface area contributed by atoms with E-state index in [1.54, 1.807) is 18.2 Å². The van der Waals surface area contributed by atoms with Crippen LogP contribution in [-0.2, 0) is 27.5 Å². The molecule has 1 amide bonds. The Hall–Kier alpha value is -2.95. The standard InChI is InChI=1S/C23H19ClF4N2O3S/c1-15-3-2-4-16(11-15)13-30(34(32,33)19-8-5-17(24)6-9-19)14-22(31)29-18-7-10-21(25)20(12-18)23(26,27)28/h2-12H,13-14H2,1H3,(H,29,31). The van der Waals surface area contributed by atoms with Crippen molar-refractivity contribution < 1.29 is 30.8 Å². The molecule has 1 N–H and O–H groups in total. The lowest BCUT2D eigenvalue weighted by Crippen LogP contribution is -2.37. The molecule has 0 aliphatic heterocycles. The number of halogens is 5. The van der Waals surface area contributed by atoms with Gasteiger partial charge < -0.3 is 5.32 Å². The Bertz CT molecular complexity index is 1300. The van der Waals surface area contributed by atoms with Crippen molar-refractivity contribution in [1.82, 2.24) is 4.31 Å². The predicted molar refractivity (Wildman–Crippen MR) is 120 cm³/mol. The average Bonchev–Trinajstić information content (AvgIpc) is 2.74. The summed E-state index contributed by atoms with van der Waals surface area (Å²) in [4.78, 5) is 12.5. The summed E-state index contributed by atoms with van der Waals surface area (Å²) in [5.41, 5.74) is -0.392. The van der Waals surface area contributed by atoms with E-state index in [9.17, 15) is 30.8 Å². The van der Waals surface area contributed by atoms with E-state index in [1.165, 1.54) is 24.3 Å². The first-order valence-electron chi connectivity index (χ1n) is 9.84. The summed E-state index contributed by atoms with van der Waals surface area (Å²) >= 11 is 5.84. The number of hydrogen-bond acceptors (Lipinski definition) is 3. The number of anilines is 1. The fourth-order valence-electron chi connectivity index (χ4n) is 3.18. The first-order valence-corrected chi connectivity index (χ1v) is 11.7. The van der Waals surface area contributed by atoms with Gasteiger partial charge in [-0.05, 0) is 55.0 Å². The molecule has 3 rings (SSSR count). The molecule has 0 fully saturated rings. The van der Waals surface area contributed by atoms with Crippen LogP contribution in [0.5, 0.6) is 0 Å². The average molecular weight is 515 g/mol. The van der Waals surface area contributed by atoms with Gasteiger partial charge in [0.25, 0.3) is 0 Å². The minimum atomic E-state index is -4.96. The quantitative estimate of drug-likeness (QED) is 0.415. The maximum atomic E-state index is 13.5. The highest BCUT2D eigenvalue weighted by atomic mass is 35.5. The largest absolute Gasteiger partial charge is 0.419 e. The van der Waals surface area contributed by atoms with Crippen molar-refractivity contribution >= 4 is 33.2 Å². The van der Waals surface area contributed by atoms with Crippen molar-refractivity contribution in [3.8, 4) is 0 Å². The predicted octanol–water partition coefficient (Wildman–Crippen LogP) is 5.64. The van der Waals surface area contributed by atoms with Gasteiger partial charge in [0.1, 0.15) is 5.82 Å². The lowest BCUT2D eigenvalue weighted by Gasteiger charge is -2.22. The summed E-state index contributed by atoms with van der Waals surface area (Å²) in [5.74, 6) is -2.39. The molecule has 0 unspecified atom stereocenters. The molecule has 0 spiro atoms. The van der Waals surface area contributed by atoms with Gasteiger partial charge in [0.05, 0.1) is 17.0 Å². The van der Waals surface area contributed by atoms with E-state index in [-0.39, 0.29) is 17.1 Å². The van der Waals surface area contributed by atoms with Crippen LogP contribution in [0.1, 0.15) is 16.7 Å². The number of nitrogens with one attached hydrogen (secondary N) is 1. The van der Waals surface area contributed by atoms with E-state index in [0.717, 1.165) is 15.9 Å². The number of carbonyl (C=O) groups is 1. The van der Waals surface area contributed by atoms with E-state index >= 15 is 0 Å². The number of benzene rings is 3. The summed E-state index contributed by atoms with van der Waals surface area (Å²) in [6.45, 7) is 0.954. The molecule has 5 nitrogen and oxygen atoms in total. The smallest absolute Gasteiger partial charge is 0.325 e. The van der Waals surface area contributed by atoms with Crippen LogP contribution in [0, 0.1) is 12.7 Å². The summed E-state index contributed by atoms with van der Waals surface area (Å²) in [6, 6.07) is 14.3. The van der Waals surface area contributed by atoms with Crippen molar-refractivity contribution in [2.45, 2.75) is 24.5 Å². The van der Waals surface area contributed by atoms with E-state index < -0.39 is 40.0 Å². The van der Waals surface area contributed by atoms with Crippen LogP contribution in [0.2, 0.25) is 5.02 Å². The molecule has 0 radical (unpaired) electrons. The van der Waals surface area contributed by atoms with Gasteiger partial charge >= 0.3 is 6.18 Å². The fraction of sp³-hybridized carbons (Fsp3) is 0.174. The number of carbonyl (C=O) groups excluding carboxylic acids is 1. The van der Waals surface area contributed by atoms with Gasteiger partial charge in [-0.2, -0.15) is 17.5 Å². The Kier molecular flexibility index (Phi) is 7.64. The van der Waals surface area contributed by atoms with Crippen molar-refractivity contribution in [3.05, 3.63) is 94.3 Å². The Morgan fingerprint density at radius 2 is 1.71 bits per heavy atom. The number of rotatable bonds is 7. The Balaban J connectivity index is 1.89. The number of sulfonamides is 1. The van der Waals surface area contributed by atoms with Crippen molar-refractivity contribution in [1.29, 1.82) is 0 Å². The van der Waals surface area contributed by atoms with Gasteiger partial charge in [0.2, 0.25) is 15.9 Å². The molecule has 0 saturated heterocycles. The molecule has 34 heavy (non-hydrogen) atoms. The van der Waals surface area contributed by atoms with Crippen molar-refractivity contribution in [2.75, 3.05) is 11.9 Å². The summed E-state index contributed by atoms with van der Waals surface area (Å²) in [6.07, 6.45) is -4.96. The highest BCUT2D eigenvalue weighted by molar-refractivity contribution is 7.89. The third-order valence-electron chi connectivity index (χ3n) is 4.77. The normalized spacial score (nSPS) is 12.1. The Morgan fingerprint density at radius 1 is 1.03 bits per heavy atom. The molecule has 0 atom stereocenters. The molecule has 0 heterocycles. The molecular weight excluding hydrogens is 496 g/mol. The zero-order valence-electron chi connectivity index (χ0n) is 17.7. The SMILES string of the molecule is Cc1cccc(CN(CC(=O)Nc2ccc(F)c(C(F)(F)F)c2)S(=O)(=O)c2ccc(Cl)cc2)c1. The number of alkyl halides is 3. The Morgan fingerprint density at radius 3 is 2.32 bits per heavy atom. The number of nitrogens with zero attached hydrogens (tertiary/aromatic N) is 1. The van der Waals surface area contributed by atoms with Crippen LogP contribution in [0.15, 0.2) is 71.6 Å². The second-order valence-corrected chi connectivity index (χ2v) is 9.83. The van der Waals surface area contributed by atoms with Gasteiger partial charge in [0, 0.05) is 17.3 Å². The summed E-state index contributed by atoms with van der Waals surface area (Å²) in [7, 11) is -4.18. The minimum Gasteiger partial charge on any atom is -0.325 e. The highest BCUT2D eigenvalue weighted by Gasteiger charge is 2.34. The molecule has 3 aromatic carbocycles. The third kappa shape index (κ3) is 6.34. The fourth-order valence-corrected chi connectivity index (χ4v) is 4.69. The van der Waals surface area contributed by atoms with Crippen molar-refractivity contribution in [2.24, 2.45) is 0 Å². The first-order chi connectivity index (χ1) is 15.9. The van der Waals surface area contributed by atoms with E-state index in [2.05, 4.69) is 5.32 Å².